The molecule has 1 heterocycles. The molecule has 0 spiro atoms. The fourth-order valence-electron chi connectivity index (χ4n) is 3.24. The first-order valence-corrected chi connectivity index (χ1v) is 9.89. The Labute approximate surface area is 157 Å². The zero-order chi connectivity index (χ0) is 18.9. The average molecular weight is 400 g/mol. The first-order chi connectivity index (χ1) is 12.4. The Hall–Kier alpha value is -1.83. The van der Waals surface area contributed by atoms with Crippen molar-refractivity contribution in [3.63, 3.8) is 0 Å². The number of nitrogens with zero attached hydrogens (tertiary/aromatic N) is 1. The van der Waals surface area contributed by atoms with Crippen LogP contribution in [0.2, 0.25) is 5.02 Å². The quantitative estimate of drug-likeness (QED) is 0.761. The number of ether oxygens (including phenoxy) is 2. The van der Waals surface area contributed by atoms with E-state index < -0.39 is 21.9 Å². The van der Waals surface area contributed by atoms with Crippen molar-refractivity contribution in [3.05, 3.63) is 52.8 Å². The highest BCUT2D eigenvalue weighted by Crippen LogP contribution is 2.41. The molecule has 26 heavy (non-hydrogen) atoms. The smallest absolute Gasteiger partial charge is 0.246 e. The van der Waals surface area contributed by atoms with Crippen LogP contribution in [-0.4, -0.2) is 33.5 Å². The number of rotatable bonds is 5. The molecule has 1 aliphatic rings. The first kappa shape index (κ1) is 18.9. The molecule has 0 saturated carbocycles. The van der Waals surface area contributed by atoms with Crippen molar-refractivity contribution in [2.75, 3.05) is 20.8 Å². The van der Waals surface area contributed by atoms with E-state index in [0.717, 1.165) is 11.6 Å². The van der Waals surface area contributed by atoms with Gasteiger partial charge in [-0.1, -0.05) is 17.7 Å². The molecule has 2 aromatic carbocycles. The van der Waals surface area contributed by atoms with E-state index in [4.69, 9.17) is 21.1 Å². The summed E-state index contributed by atoms with van der Waals surface area (Å²) in [4.78, 5) is -0.374. The van der Waals surface area contributed by atoms with Gasteiger partial charge in [0.25, 0.3) is 0 Å². The Morgan fingerprint density at radius 1 is 1.15 bits per heavy atom. The minimum Gasteiger partial charge on any atom is -0.497 e. The molecule has 2 aromatic rings. The van der Waals surface area contributed by atoms with E-state index in [1.807, 2.05) is 0 Å². The van der Waals surface area contributed by atoms with Crippen molar-refractivity contribution in [2.24, 2.45) is 0 Å². The molecular weight excluding hydrogens is 381 g/mol. The van der Waals surface area contributed by atoms with Gasteiger partial charge >= 0.3 is 0 Å². The van der Waals surface area contributed by atoms with Crippen LogP contribution in [0.15, 0.2) is 41.3 Å². The molecule has 3 rings (SSSR count). The van der Waals surface area contributed by atoms with Crippen molar-refractivity contribution in [2.45, 2.75) is 23.8 Å². The highest BCUT2D eigenvalue weighted by molar-refractivity contribution is 7.89. The maximum Gasteiger partial charge on any atom is 0.246 e. The van der Waals surface area contributed by atoms with Crippen LogP contribution < -0.4 is 9.47 Å². The summed E-state index contributed by atoms with van der Waals surface area (Å²) in [7, 11) is -0.947. The third-order valence-electron chi connectivity index (χ3n) is 4.48. The second-order valence-corrected chi connectivity index (χ2v) is 8.25. The normalized spacial score (nSPS) is 18.1. The van der Waals surface area contributed by atoms with Gasteiger partial charge in [0, 0.05) is 23.2 Å². The Balaban J connectivity index is 2.03. The van der Waals surface area contributed by atoms with E-state index in [0.29, 0.717) is 30.9 Å². The predicted molar refractivity (Wildman–Crippen MR) is 96.8 cm³/mol. The van der Waals surface area contributed by atoms with E-state index in [9.17, 15) is 12.8 Å². The highest BCUT2D eigenvalue weighted by Gasteiger charge is 2.38. The van der Waals surface area contributed by atoms with Gasteiger partial charge in [-0.15, -0.1) is 0 Å². The molecule has 1 fully saturated rings. The van der Waals surface area contributed by atoms with Crippen molar-refractivity contribution in [1.82, 2.24) is 4.31 Å². The molecule has 1 aliphatic heterocycles. The van der Waals surface area contributed by atoms with Crippen LogP contribution in [-0.2, 0) is 10.0 Å². The number of sulfonamides is 1. The summed E-state index contributed by atoms with van der Waals surface area (Å²) >= 11 is 5.74. The minimum absolute atomic E-state index is 0.149. The van der Waals surface area contributed by atoms with E-state index >= 15 is 0 Å². The summed E-state index contributed by atoms with van der Waals surface area (Å²) < 4.78 is 52.3. The van der Waals surface area contributed by atoms with Crippen LogP contribution in [0.1, 0.15) is 24.4 Å². The molecule has 0 amide bonds. The molecule has 0 aliphatic carbocycles. The molecule has 0 aromatic heterocycles. The van der Waals surface area contributed by atoms with Crippen molar-refractivity contribution in [1.29, 1.82) is 0 Å². The molecule has 1 atom stereocenters. The molecule has 8 heteroatoms. The molecular formula is C18H19ClFNO4S. The van der Waals surface area contributed by atoms with E-state index in [1.54, 1.807) is 25.3 Å². The Bertz CT molecular complexity index is 919. The largest absolute Gasteiger partial charge is 0.497 e. The number of benzene rings is 2. The SMILES string of the molecule is COc1ccc([C@H]2CCCN2S(=O)(=O)c2ccc(Cl)cc2F)c(OC)c1. The predicted octanol–water partition coefficient (Wildman–Crippen LogP) is 4.02. The van der Waals surface area contributed by atoms with Crippen molar-refractivity contribution >= 4 is 21.6 Å². The summed E-state index contributed by atoms with van der Waals surface area (Å²) in [5, 5.41) is 0.149. The van der Waals surface area contributed by atoms with Gasteiger partial charge in [0.15, 0.2) is 0 Å². The van der Waals surface area contributed by atoms with Crippen LogP contribution in [0.5, 0.6) is 11.5 Å². The number of hydrogen-bond acceptors (Lipinski definition) is 4. The summed E-state index contributed by atoms with van der Waals surface area (Å²) in [6.45, 7) is 0.310. The third kappa shape index (κ3) is 3.39. The summed E-state index contributed by atoms with van der Waals surface area (Å²) in [6, 6.07) is 8.40. The lowest BCUT2D eigenvalue weighted by atomic mass is 10.0. The lowest BCUT2D eigenvalue weighted by molar-refractivity contribution is 0.360. The van der Waals surface area contributed by atoms with Gasteiger partial charge < -0.3 is 9.47 Å². The highest BCUT2D eigenvalue weighted by atomic mass is 35.5. The van der Waals surface area contributed by atoms with Crippen LogP contribution in [0, 0.1) is 5.82 Å². The second kappa shape index (κ2) is 7.42. The zero-order valence-electron chi connectivity index (χ0n) is 14.4. The van der Waals surface area contributed by atoms with Gasteiger partial charge in [-0.05, 0) is 37.1 Å². The van der Waals surface area contributed by atoms with Gasteiger partial charge in [-0.3, -0.25) is 0 Å². The topological polar surface area (TPSA) is 55.8 Å². The summed E-state index contributed by atoms with van der Waals surface area (Å²) in [5.74, 6) is 0.291. The molecule has 1 saturated heterocycles. The van der Waals surface area contributed by atoms with E-state index in [2.05, 4.69) is 0 Å². The van der Waals surface area contributed by atoms with Gasteiger partial charge in [0.05, 0.1) is 20.3 Å². The van der Waals surface area contributed by atoms with Crippen molar-refractivity contribution < 1.29 is 22.3 Å². The number of hydrogen-bond donors (Lipinski definition) is 0. The molecule has 0 radical (unpaired) electrons. The van der Waals surface area contributed by atoms with Crippen LogP contribution in [0.3, 0.4) is 0 Å². The van der Waals surface area contributed by atoms with Gasteiger partial charge in [-0.25, -0.2) is 12.8 Å². The van der Waals surface area contributed by atoms with Crippen LogP contribution in [0.25, 0.3) is 0 Å². The maximum atomic E-state index is 14.2. The zero-order valence-corrected chi connectivity index (χ0v) is 16.0. The molecule has 5 nitrogen and oxygen atoms in total. The van der Waals surface area contributed by atoms with Gasteiger partial charge in [0.2, 0.25) is 10.0 Å². The molecule has 0 bridgehead atoms. The van der Waals surface area contributed by atoms with E-state index in [1.165, 1.54) is 23.5 Å². The van der Waals surface area contributed by atoms with Crippen LogP contribution >= 0.6 is 11.6 Å². The standard InChI is InChI=1S/C18H19ClFNO4S/c1-24-13-6-7-14(17(11-13)25-2)16-4-3-9-21(16)26(22,23)18-8-5-12(19)10-15(18)20/h5-8,10-11,16H,3-4,9H2,1-2H3/t16-/m1/s1. The lowest BCUT2D eigenvalue weighted by Gasteiger charge is -2.26. The number of methoxy groups -OCH3 is 2. The molecule has 0 unspecified atom stereocenters. The number of halogens is 2. The fraction of sp³-hybridized carbons (Fsp3) is 0.333. The minimum atomic E-state index is -4.01. The summed E-state index contributed by atoms with van der Waals surface area (Å²) in [5.41, 5.74) is 0.726. The summed E-state index contributed by atoms with van der Waals surface area (Å²) in [6.07, 6.45) is 1.30. The Morgan fingerprint density at radius 3 is 2.58 bits per heavy atom. The Morgan fingerprint density at radius 2 is 1.92 bits per heavy atom. The average Bonchev–Trinajstić information content (AvgIpc) is 3.11. The first-order valence-electron chi connectivity index (χ1n) is 8.07. The lowest BCUT2D eigenvalue weighted by Crippen LogP contribution is -2.31. The fourth-order valence-corrected chi connectivity index (χ4v) is 5.12. The maximum absolute atomic E-state index is 14.2. The van der Waals surface area contributed by atoms with Gasteiger partial charge in [0.1, 0.15) is 22.2 Å². The molecule has 0 N–H and O–H groups in total. The van der Waals surface area contributed by atoms with Crippen molar-refractivity contribution in [3.8, 4) is 11.5 Å². The monoisotopic (exact) mass is 399 g/mol. The Kier molecular flexibility index (Phi) is 5.41. The molecule has 140 valence electrons. The van der Waals surface area contributed by atoms with Crippen LogP contribution in [0.4, 0.5) is 4.39 Å². The van der Waals surface area contributed by atoms with E-state index in [-0.39, 0.29) is 9.92 Å². The second-order valence-electron chi connectivity index (χ2n) is 5.96. The third-order valence-corrected chi connectivity index (χ3v) is 6.66. The van der Waals surface area contributed by atoms with Gasteiger partial charge in [-0.2, -0.15) is 4.31 Å².